The minimum atomic E-state index is 0.121. The van der Waals surface area contributed by atoms with E-state index in [9.17, 15) is 0 Å². The lowest BCUT2D eigenvalue weighted by molar-refractivity contribution is 0.141. The summed E-state index contributed by atoms with van der Waals surface area (Å²) in [6.07, 6.45) is 1.04. The van der Waals surface area contributed by atoms with Gasteiger partial charge in [0, 0.05) is 12.5 Å². The van der Waals surface area contributed by atoms with Crippen LogP contribution in [0.5, 0.6) is 11.5 Å². The molecule has 0 radical (unpaired) electrons. The molecule has 3 rings (SSSR count). The quantitative estimate of drug-likeness (QED) is 0.858. The van der Waals surface area contributed by atoms with Crippen LogP contribution < -0.4 is 15.2 Å². The number of rotatable bonds is 5. The lowest BCUT2D eigenvalue weighted by Crippen LogP contribution is -2.15. The molecule has 2 aromatic rings. The Balaban J connectivity index is 1.66. The molecule has 0 saturated carbocycles. The van der Waals surface area contributed by atoms with Crippen LogP contribution >= 0.6 is 0 Å². The Kier molecular flexibility index (Phi) is 4.26. The molecule has 1 aliphatic rings. The molecule has 0 spiro atoms. The topological polar surface area (TPSA) is 53.7 Å². The van der Waals surface area contributed by atoms with E-state index in [1.807, 2.05) is 48.5 Å². The minimum Gasteiger partial charge on any atom is -0.488 e. The zero-order valence-corrected chi connectivity index (χ0v) is 11.8. The van der Waals surface area contributed by atoms with Crippen molar-refractivity contribution in [2.75, 3.05) is 18.9 Å². The lowest BCUT2D eigenvalue weighted by Gasteiger charge is -2.14. The van der Waals surface area contributed by atoms with Crippen LogP contribution in [0.4, 0.5) is 5.69 Å². The molecular weight excluding hydrogens is 266 g/mol. The molecule has 2 N–H and O–H groups in total. The summed E-state index contributed by atoms with van der Waals surface area (Å²) in [7, 11) is 0. The second kappa shape index (κ2) is 6.50. The maximum Gasteiger partial charge on any atom is 0.146 e. The maximum atomic E-state index is 5.96. The van der Waals surface area contributed by atoms with E-state index in [0.29, 0.717) is 24.7 Å². The van der Waals surface area contributed by atoms with Crippen LogP contribution in [0.1, 0.15) is 12.0 Å². The van der Waals surface area contributed by atoms with Crippen LogP contribution in [0.25, 0.3) is 0 Å². The zero-order chi connectivity index (χ0) is 14.5. The molecule has 4 nitrogen and oxygen atoms in total. The average Bonchev–Trinajstić information content (AvgIpc) is 3.02. The van der Waals surface area contributed by atoms with Gasteiger partial charge in [-0.25, -0.2) is 0 Å². The van der Waals surface area contributed by atoms with Crippen molar-refractivity contribution in [3.63, 3.8) is 0 Å². The van der Waals surface area contributed by atoms with Gasteiger partial charge in [0.05, 0.1) is 18.9 Å². The highest BCUT2D eigenvalue weighted by molar-refractivity contribution is 5.55. The summed E-state index contributed by atoms with van der Waals surface area (Å²) in [5.74, 6) is 1.41. The second-order valence-corrected chi connectivity index (χ2v) is 5.08. The van der Waals surface area contributed by atoms with E-state index in [1.54, 1.807) is 0 Å². The molecule has 110 valence electrons. The van der Waals surface area contributed by atoms with Crippen LogP contribution in [0.3, 0.4) is 0 Å². The van der Waals surface area contributed by atoms with Crippen molar-refractivity contribution in [3.8, 4) is 11.5 Å². The Bertz CT molecular complexity index is 580. The van der Waals surface area contributed by atoms with Crippen molar-refractivity contribution < 1.29 is 14.2 Å². The highest BCUT2D eigenvalue weighted by Crippen LogP contribution is 2.29. The zero-order valence-electron chi connectivity index (χ0n) is 11.8. The van der Waals surface area contributed by atoms with E-state index in [2.05, 4.69) is 0 Å². The van der Waals surface area contributed by atoms with Crippen LogP contribution in [0.15, 0.2) is 48.5 Å². The third-order valence-corrected chi connectivity index (χ3v) is 3.41. The third kappa shape index (κ3) is 3.67. The largest absolute Gasteiger partial charge is 0.488 e. The Labute approximate surface area is 124 Å². The van der Waals surface area contributed by atoms with Gasteiger partial charge in [-0.15, -0.1) is 0 Å². The van der Waals surface area contributed by atoms with Gasteiger partial charge in [-0.2, -0.15) is 0 Å². The fourth-order valence-electron chi connectivity index (χ4n) is 2.25. The molecule has 2 aromatic carbocycles. The van der Waals surface area contributed by atoms with E-state index in [1.165, 1.54) is 0 Å². The number of hydrogen-bond donors (Lipinski definition) is 1. The van der Waals surface area contributed by atoms with Gasteiger partial charge in [0.1, 0.15) is 24.2 Å². The fourth-order valence-corrected chi connectivity index (χ4v) is 2.25. The average molecular weight is 285 g/mol. The smallest absolute Gasteiger partial charge is 0.146 e. The van der Waals surface area contributed by atoms with Gasteiger partial charge in [0.2, 0.25) is 0 Å². The van der Waals surface area contributed by atoms with E-state index in [-0.39, 0.29) is 6.10 Å². The molecular formula is C17H19NO3. The molecule has 0 bridgehead atoms. The minimum absolute atomic E-state index is 0.121. The molecule has 0 amide bonds. The Hall–Kier alpha value is -2.20. The van der Waals surface area contributed by atoms with Gasteiger partial charge < -0.3 is 19.9 Å². The molecule has 1 aliphatic heterocycles. The van der Waals surface area contributed by atoms with Gasteiger partial charge in [-0.3, -0.25) is 0 Å². The number of hydrogen-bond acceptors (Lipinski definition) is 4. The molecule has 1 heterocycles. The summed E-state index contributed by atoms with van der Waals surface area (Å²) in [4.78, 5) is 0. The van der Waals surface area contributed by atoms with E-state index in [4.69, 9.17) is 19.9 Å². The summed E-state index contributed by atoms with van der Waals surface area (Å²) < 4.78 is 17.0. The molecule has 4 heteroatoms. The predicted molar refractivity (Wildman–Crippen MR) is 81.5 cm³/mol. The van der Waals surface area contributed by atoms with Crippen LogP contribution in [-0.4, -0.2) is 19.3 Å². The third-order valence-electron chi connectivity index (χ3n) is 3.41. The number of nitrogens with two attached hydrogens (primary N) is 1. The molecule has 0 aliphatic carbocycles. The van der Waals surface area contributed by atoms with Crippen molar-refractivity contribution in [1.29, 1.82) is 0 Å². The SMILES string of the molecule is Nc1ccc(OC2CCOC2)cc1OCc1ccccc1. The van der Waals surface area contributed by atoms with Crippen LogP contribution in [0, 0.1) is 0 Å². The molecule has 0 aromatic heterocycles. The Morgan fingerprint density at radius 1 is 1.14 bits per heavy atom. The molecule has 1 unspecified atom stereocenters. The standard InChI is InChI=1S/C17H19NO3/c18-16-7-6-14(21-15-8-9-19-12-15)10-17(16)20-11-13-4-2-1-3-5-13/h1-7,10,15H,8-9,11-12,18H2. The summed E-state index contributed by atoms with van der Waals surface area (Å²) >= 11 is 0. The van der Waals surface area contributed by atoms with E-state index >= 15 is 0 Å². The van der Waals surface area contributed by atoms with Crippen molar-refractivity contribution >= 4 is 5.69 Å². The van der Waals surface area contributed by atoms with Crippen molar-refractivity contribution in [1.82, 2.24) is 0 Å². The summed E-state index contributed by atoms with van der Waals surface area (Å²) in [6.45, 7) is 1.89. The number of nitrogen functional groups attached to an aromatic ring is 1. The Morgan fingerprint density at radius 3 is 2.76 bits per heavy atom. The monoisotopic (exact) mass is 285 g/mol. The molecule has 1 fully saturated rings. The summed E-state index contributed by atoms with van der Waals surface area (Å²) in [5.41, 5.74) is 7.67. The molecule has 1 atom stereocenters. The first kappa shape index (κ1) is 13.8. The fraction of sp³-hybridized carbons (Fsp3) is 0.294. The van der Waals surface area contributed by atoms with Gasteiger partial charge in [0.15, 0.2) is 0 Å². The number of anilines is 1. The number of benzene rings is 2. The normalized spacial score (nSPS) is 17.6. The molecule has 21 heavy (non-hydrogen) atoms. The van der Waals surface area contributed by atoms with Crippen molar-refractivity contribution in [3.05, 3.63) is 54.1 Å². The van der Waals surface area contributed by atoms with Gasteiger partial charge >= 0.3 is 0 Å². The first-order chi connectivity index (χ1) is 10.3. The van der Waals surface area contributed by atoms with Gasteiger partial charge in [-0.05, 0) is 17.7 Å². The van der Waals surface area contributed by atoms with Gasteiger partial charge in [-0.1, -0.05) is 30.3 Å². The van der Waals surface area contributed by atoms with Crippen LogP contribution in [-0.2, 0) is 11.3 Å². The van der Waals surface area contributed by atoms with Crippen LogP contribution in [0.2, 0.25) is 0 Å². The summed E-state index contributed by atoms with van der Waals surface area (Å²) in [5, 5.41) is 0. The van der Waals surface area contributed by atoms with Gasteiger partial charge in [0.25, 0.3) is 0 Å². The van der Waals surface area contributed by atoms with Crippen molar-refractivity contribution in [2.45, 2.75) is 19.1 Å². The van der Waals surface area contributed by atoms with E-state index < -0.39 is 0 Å². The predicted octanol–water partition coefficient (Wildman–Crippen LogP) is 3.02. The first-order valence-electron chi connectivity index (χ1n) is 7.12. The van der Waals surface area contributed by atoms with E-state index in [0.717, 1.165) is 24.3 Å². The maximum absolute atomic E-state index is 5.96. The highest BCUT2D eigenvalue weighted by Gasteiger charge is 2.17. The summed E-state index contributed by atoms with van der Waals surface area (Å²) in [6, 6.07) is 15.5. The highest BCUT2D eigenvalue weighted by atomic mass is 16.5. The second-order valence-electron chi connectivity index (χ2n) is 5.08. The Morgan fingerprint density at radius 2 is 2.00 bits per heavy atom. The lowest BCUT2D eigenvalue weighted by atomic mass is 10.2. The van der Waals surface area contributed by atoms with Crippen molar-refractivity contribution in [2.24, 2.45) is 0 Å². The molecule has 1 saturated heterocycles. The first-order valence-corrected chi connectivity index (χ1v) is 7.12. The number of ether oxygens (including phenoxy) is 3.